The molecule has 1 heterocycles. The summed E-state index contributed by atoms with van der Waals surface area (Å²) in [6, 6.07) is 0. The minimum atomic E-state index is -1.34. The number of carbonyl (C=O) groups is 1. The maximum Gasteiger partial charge on any atom is 0.165 e. The molecule has 2 aliphatic rings. The number of carbonyl (C=O) groups excluding carboxylic acids is 1. The Morgan fingerprint density at radius 2 is 2.10 bits per heavy atom. The Balaban J connectivity index is 2.31. The highest BCUT2D eigenvalue weighted by Crippen LogP contribution is 2.51. The van der Waals surface area contributed by atoms with Crippen LogP contribution in [0.3, 0.4) is 0 Å². The van der Waals surface area contributed by atoms with Crippen LogP contribution in [0.1, 0.15) is 40.0 Å². The molecular weight excluding hydrogens is 256 g/mol. The largest absolute Gasteiger partial charge is 0.379 e. The van der Waals surface area contributed by atoms with Crippen molar-refractivity contribution in [2.45, 2.75) is 57.3 Å². The highest BCUT2D eigenvalue weighted by atomic mass is 16.6. The van der Waals surface area contributed by atoms with Crippen molar-refractivity contribution in [2.24, 2.45) is 0 Å². The Bertz CT molecular complexity index is 455. The lowest BCUT2D eigenvalue weighted by Crippen LogP contribution is -2.62. The van der Waals surface area contributed by atoms with Gasteiger partial charge in [-0.15, -0.1) is 0 Å². The number of ether oxygens (including phenoxy) is 2. The average Bonchev–Trinajstić information content (AvgIpc) is 3.16. The molecule has 0 aromatic rings. The molecule has 0 amide bonds. The van der Waals surface area contributed by atoms with Crippen molar-refractivity contribution in [3.05, 3.63) is 23.3 Å². The van der Waals surface area contributed by atoms with Crippen LogP contribution in [0.25, 0.3) is 0 Å². The summed E-state index contributed by atoms with van der Waals surface area (Å²) in [7, 11) is 1.47. The van der Waals surface area contributed by atoms with Gasteiger partial charge in [0.05, 0.1) is 6.61 Å². The van der Waals surface area contributed by atoms with Crippen LogP contribution in [-0.2, 0) is 14.3 Å². The fourth-order valence-electron chi connectivity index (χ4n) is 3.07. The first-order chi connectivity index (χ1) is 9.37. The minimum Gasteiger partial charge on any atom is -0.379 e. The Hall–Kier alpha value is -0.970. The van der Waals surface area contributed by atoms with E-state index in [0.717, 1.165) is 12.0 Å². The second-order valence-corrected chi connectivity index (χ2v) is 6.04. The molecule has 2 rings (SSSR count). The maximum atomic E-state index is 12.1. The van der Waals surface area contributed by atoms with Gasteiger partial charge in [0.15, 0.2) is 11.9 Å². The number of rotatable bonds is 4. The Kier molecular flexibility index (Phi) is 4.19. The summed E-state index contributed by atoms with van der Waals surface area (Å²) in [4.78, 5) is 12.1. The van der Waals surface area contributed by atoms with E-state index in [1.165, 1.54) is 12.7 Å². The Morgan fingerprint density at radius 1 is 1.45 bits per heavy atom. The van der Waals surface area contributed by atoms with Crippen LogP contribution >= 0.6 is 0 Å². The monoisotopic (exact) mass is 280 g/mol. The molecular formula is C16H24O4. The molecule has 112 valence electrons. The predicted octanol–water partition coefficient (Wildman–Crippen LogP) is 2.17. The van der Waals surface area contributed by atoms with Crippen molar-refractivity contribution < 1.29 is 19.4 Å². The van der Waals surface area contributed by atoms with Crippen LogP contribution in [0.15, 0.2) is 23.3 Å². The minimum absolute atomic E-state index is 0.0499. The van der Waals surface area contributed by atoms with Crippen LogP contribution in [0.2, 0.25) is 0 Å². The van der Waals surface area contributed by atoms with Crippen molar-refractivity contribution in [1.82, 2.24) is 0 Å². The number of allylic oxidation sites excluding steroid dienone is 3. The van der Waals surface area contributed by atoms with E-state index in [2.05, 4.69) is 6.08 Å². The van der Waals surface area contributed by atoms with E-state index in [4.69, 9.17) is 9.47 Å². The molecule has 0 aromatic carbocycles. The lowest BCUT2D eigenvalue weighted by molar-refractivity contribution is -0.163. The van der Waals surface area contributed by atoms with Crippen molar-refractivity contribution in [1.29, 1.82) is 0 Å². The van der Waals surface area contributed by atoms with E-state index in [1.54, 1.807) is 0 Å². The van der Waals surface area contributed by atoms with Gasteiger partial charge in [0, 0.05) is 13.5 Å². The third kappa shape index (κ3) is 2.36. The second-order valence-electron chi connectivity index (χ2n) is 6.04. The third-order valence-electron chi connectivity index (χ3n) is 4.42. The fraction of sp³-hybridized carbons (Fsp3) is 0.688. The third-order valence-corrected chi connectivity index (χ3v) is 4.42. The smallest absolute Gasteiger partial charge is 0.165 e. The molecule has 0 aromatic heterocycles. The molecule has 0 radical (unpaired) electrons. The van der Waals surface area contributed by atoms with Gasteiger partial charge in [-0.25, -0.2) is 0 Å². The normalized spacial score (nSPS) is 37.1. The molecule has 1 N–H and O–H groups in total. The summed E-state index contributed by atoms with van der Waals surface area (Å²) in [5.41, 5.74) is 0.00790. The molecule has 2 fully saturated rings. The van der Waals surface area contributed by atoms with Crippen LogP contribution in [0.5, 0.6) is 0 Å². The van der Waals surface area contributed by atoms with Gasteiger partial charge >= 0.3 is 0 Å². The molecule has 4 nitrogen and oxygen atoms in total. The SMILES string of the molecule is CO[C@@H]1C(=O)CC[C@]2(CO2)[C@]1(O)/C(C)=C/CC=C(C)C. The van der Waals surface area contributed by atoms with Crippen LogP contribution in [0, 0.1) is 0 Å². The number of hydrogen-bond acceptors (Lipinski definition) is 4. The van der Waals surface area contributed by atoms with Gasteiger partial charge in [-0.05, 0) is 39.2 Å². The molecule has 1 aliphatic carbocycles. The molecule has 0 bridgehead atoms. The van der Waals surface area contributed by atoms with Crippen molar-refractivity contribution >= 4 is 5.78 Å². The molecule has 3 atom stereocenters. The Morgan fingerprint density at radius 3 is 2.60 bits per heavy atom. The quantitative estimate of drug-likeness (QED) is 0.633. The number of Topliss-reactive ketones (excluding diaryl/α,β-unsaturated/α-hetero) is 1. The first-order valence-corrected chi connectivity index (χ1v) is 7.10. The first kappa shape index (κ1) is 15.4. The number of ketones is 1. The van der Waals surface area contributed by atoms with Gasteiger partial charge < -0.3 is 14.6 Å². The Labute approximate surface area is 120 Å². The summed E-state index contributed by atoms with van der Waals surface area (Å²) in [6.45, 7) is 6.41. The zero-order valence-electron chi connectivity index (χ0n) is 12.7. The molecule has 0 unspecified atom stereocenters. The maximum absolute atomic E-state index is 12.1. The van der Waals surface area contributed by atoms with Crippen molar-refractivity contribution in [3.8, 4) is 0 Å². The number of epoxide rings is 1. The lowest BCUT2D eigenvalue weighted by atomic mass is 9.68. The van der Waals surface area contributed by atoms with E-state index in [-0.39, 0.29) is 5.78 Å². The average molecular weight is 280 g/mol. The van der Waals surface area contributed by atoms with Gasteiger partial charge in [0.1, 0.15) is 11.2 Å². The van der Waals surface area contributed by atoms with Gasteiger partial charge in [0.25, 0.3) is 0 Å². The van der Waals surface area contributed by atoms with E-state index < -0.39 is 17.3 Å². The van der Waals surface area contributed by atoms with Crippen molar-refractivity contribution in [2.75, 3.05) is 13.7 Å². The van der Waals surface area contributed by atoms with Crippen molar-refractivity contribution in [3.63, 3.8) is 0 Å². The molecule has 20 heavy (non-hydrogen) atoms. The number of hydrogen-bond donors (Lipinski definition) is 1. The lowest BCUT2D eigenvalue weighted by Gasteiger charge is -2.43. The summed E-state index contributed by atoms with van der Waals surface area (Å²) < 4.78 is 10.9. The second kappa shape index (κ2) is 5.43. The zero-order chi connectivity index (χ0) is 15.0. The van der Waals surface area contributed by atoms with E-state index >= 15 is 0 Å². The molecule has 1 aliphatic heterocycles. The van der Waals surface area contributed by atoms with Gasteiger partial charge in [0.2, 0.25) is 0 Å². The van der Waals surface area contributed by atoms with Crippen LogP contribution in [0.4, 0.5) is 0 Å². The topological polar surface area (TPSA) is 59.1 Å². The fourth-order valence-corrected chi connectivity index (χ4v) is 3.07. The summed E-state index contributed by atoms with van der Waals surface area (Å²) in [5, 5.41) is 11.2. The van der Waals surface area contributed by atoms with Gasteiger partial charge in [-0.2, -0.15) is 0 Å². The zero-order valence-corrected chi connectivity index (χ0v) is 12.7. The summed E-state index contributed by atoms with van der Waals surface area (Å²) in [6.07, 6.45) is 4.91. The van der Waals surface area contributed by atoms with Crippen LogP contribution < -0.4 is 0 Å². The highest BCUT2D eigenvalue weighted by Gasteiger charge is 2.68. The first-order valence-electron chi connectivity index (χ1n) is 7.10. The van der Waals surface area contributed by atoms with E-state index in [0.29, 0.717) is 19.4 Å². The molecule has 1 saturated heterocycles. The molecule has 4 heteroatoms. The standard InChI is InChI=1S/C16H24O4/c1-11(2)6-5-7-12(3)16(18)14(19-4)13(17)8-9-15(16)10-20-15/h6-7,14,18H,5,8-10H2,1-4H3/b12-7+/t14-,15+,16+/m1/s1. The highest BCUT2D eigenvalue weighted by molar-refractivity contribution is 5.87. The van der Waals surface area contributed by atoms with Gasteiger partial charge in [-0.3, -0.25) is 4.79 Å². The molecule has 1 saturated carbocycles. The van der Waals surface area contributed by atoms with E-state index in [9.17, 15) is 9.90 Å². The van der Waals surface area contributed by atoms with Gasteiger partial charge in [-0.1, -0.05) is 17.7 Å². The number of methoxy groups -OCH3 is 1. The summed E-state index contributed by atoms with van der Waals surface area (Å²) >= 11 is 0. The van der Waals surface area contributed by atoms with E-state index in [1.807, 2.05) is 26.8 Å². The van der Waals surface area contributed by atoms with Crippen LogP contribution in [-0.4, -0.2) is 41.9 Å². The predicted molar refractivity (Wildman–Crippen MR) is 76.5 cm³/mol. The summed E-state index contributed by atoms with van der Waals surface area (Å²) in [5.74, 6) is -0.0499. The molecule has 1 spiro atoms. The number of aliphatic hydroxyl groups is 1.